The van der Waals surface area contributed by atoms with Gasteiger partial charge in [0.15, 0.2) is 0 Å². The third-order valence-electron chi connectivity index (χ3n) is 5.84. The van der Waals surface area contributed by atoms with Crippen LogP contribution in [-0.4, -0.2) is 55.7 Å². The van der Waals surface area contributed by atoms with Crippen LogP contribution in [0.15, 0.2) is 97.1 Å². The van der Waals surface area contributed by atoms with E-state index in [2.05, 4.69) is 113 Å². The monoisotopic (exact) mass is 484 g/mol. The second-order valence-electron chi connectivity index (χ2n) is 8.03. The third-order valence-corrected chi connectivity index (χ3v) is 5.84. The van der Waals surface area contributed by atoms with Gasteiger partial charge in [-0.15, -0.1) is 24.8 Å². The van der Waals surface area contributed by atoms with Crippen LogP contribution in [0.3, 0.4) is 0 Å². The van der Waals surface area contributed by atoms with Crippen LogP contribution in [0.5, 0.6) is 0 Å². The summed E-state index contributed by atoms with van der Waals surface area (Å²) in [6, 6.07) is 31.6. The minimum atomic E-state index is -0.00758. The Balaban J connectivity index is 0.00000193. The van der Waals surface area contributed by atoms with Gasteiger partial charge in [0.1, 0.15) is 6.10 Å². The fraction of sp³-hybridized carbons (Fsp3) is 0.286. The number of halogens is 2. The first-order chi connectivity index (χ1) is 15.4. The Morgan fingerprint density at radius 3 is 1.70 bits per heavy atom. The quantitative estimate of drug-likeness (QED) is 0.372. The van der Waals surface area contributed by atoms with Gasteiger partial charge in [0.05, 0.1) is 6.61 Å². The van der Waals surface area contributed by atoms with Gasteiger partial charge in [-0.05, 0) is 16.7 Å². The van der Waals surface area contributed by atoms with Gasteiger partial charge in [-0.3, -0.25) is 9.80 Å². The number of rotatable bonds is 9. The number of piperazine rings is 1. The van der Waals surface area contributed by atoms with Crippen LogP contribution in [0.1, 0.15) is 22.8 Å². The summed E-state index contributed by atoms with van der Waals surface area (Å²) in [6.45, 7) is 7.16. The maximum Gasteiger partial charge on any atom is 0.108 e. The molecule has 0 spiro atoms. The molecule has 0 radical (unpaired) electrons. The number of ether oxygens (including phenoxy) is 1. The Labute approximate surface area is 210 Å². The van der Waals surface area contributed by atoms with Crippen molar-refractivity contribution in [2.75, 3.05) is 45.9 Å². The van der Waals surface area contributed by atoms with E-state index in [1.165, 1.54) is 16.7 Å². The van der Waals surface area contributed by atoms with E-state index in [0.29, 0.717) is 0 Å². The Morgan fingerprint density at radius 1 is 0.667 bits per heavy atom. The average molecular weight is 485 g/mol. The van der Waals surface area contributed by atoms with Gasteiger partial charge >= 0.3 is 0 Å². The largest absolute Gasteiger partial charge is 0.367 e. The van der Waals surface area contributed by atoms with Crippen molar-refractivity contribution in [2.45, 2.75) is 6.10 Å². The maximum absolute atomic E-state index is 6.39. The molecule has 176 valence electrons. The van der Waals surface area contributed by atoms with Gasteiger partial charge in [0.25, 0.3) is 0 Å². The van der Waals surface area contributed by atoms with Crippen molar-refractivity contribution < 1.29 is 4.74 Å². The van der Waals surface area contributed by atoms with Crippen molar-refractivity contribution >= 4 is 30.9 Å². The second-order valence-corrected chi connectivity index (χ2v) is 8.03. The minimum Gasteiger partial charge on any atom is -0.367 e. The minimum absolute atomic E-state index is 0. The van der Waals surface area contributed by atoms with Crippen LogP contribution in [0.25, 0.3) is 6.08 Å². The molecule has 0 atom stereocenters. The van der Waals surface area contributed by atoms with Crippen molar-refractivity contribution in [1.29, 1.82) is 0 Å². The number of hydrogen-bond acceptors (Lipinski definition) is 3. The summed E-state index contributed by atoms with van der Waals surface area (Å²) in [5.74, 6) is 0. The molecule has 1 heterocycles. The molecule has 1 fully saturated rings. The van der Waals surface area contributed by atoms with Crippen LogP contribution in [0, 0.1) is 0 Å². The van der Waals surface area contributed by atoms with Crippen LogP contribution in [-0.2, 0) is 4.74 Å². The first-order valence-corrected chi connectivity index (χ1v) is 11.3. The van der Waals surface area contributed by atoms with Gasteiger partial charge in [0, 0.05) is 39.3 Å². The van der Waals surface area contributed by atoms with Gasteiger partial charge in [-0.1, -0.05) is 103 Å². The Hall–Kier alpha value is -2.14. The van der Waals surface area contributed by atoms with Gasteiger partial charge in [0.2, 0.25) is 0 Å². The summed E-state index contributed by atoms with van der Waals surface area (Å²) in [6.07, 6.45) is 4.48. The van der Waals surface area contributed by atoms with Crippen LogP contribution in [0.2, 0.25) is 0 Å². The molecule has 3 aromatic rings. The molecular formula is C28H34Cl2N2O. The molecule has 0 aromatic heterocycles. The van der Waals surface area contributed by atoms with Gasteiger partial charge < -0.3 is 4.74 Å². The molecule has 0 bridgehead atoms. The van der Waals surface area contributed by atoms with Gasteiger partial charge in [-0.2, -0.15) is 0 Å². The SMILES string of the molecule is C(=Cc1ccccc1)CN1CCN(CCOC(c2ccccc2)c2ccccc2)CC1.Cl.Cl. The van der Waals surface area contributed by atoms with E-state index in [1.54, 1.807) is 0 Å². The lowest BCUT2D eigenvalue weighted by Gasteiger charge is -2.34. The zero-order valence-electron chi connectivity index (χ0n) is 19.0. The molecule has 1 saturated heterocycles. The molecule has 3 aromatic carbocycles. The van der Waals surface area contributed by atoms with Crippen molar-refractivity contribution in [3.8, 4) is 0 Å². The van der Waals surface area contributed by atoms with Crippen molar-refractivity contribution in [3.63, 3.8) is 0 Å². The van der Waals surface area contributed by atoms with E-state index in [-0.39, 0.29) is 30.9 Å². The fourth-order valence-corrected chi connectivity index (χ4v) is 4.04. The standard InChI is InChI=1S/C28H32N2O.2ClH/c1-4-11-25(12-5-1)13-10-18-29-19-21-30(22-20-29)23-24-31-28(26-14-6-2-7-15-26)27-16-8-3-9-17-27;;/h1-17,28H,18-24H2;2*1H. The number of benzene rings is 3. The lowest BCUT2D eigenvalue weighted by molar-refractivity contribution is 0.0468. The number of nitrogens with zero attached hydrogens (tertiary/aromatic N) is 2. The summed E-state index contributed by atoms with van der Waals surface area (Å²) in [7, 11) is 0. The summed E-state index contributed by atoms with van der Waals surface area (Å²) in [4.78, 5) is 5.04. The van der Waals surface area contributed by atoms with Crippen molar-refractivity contribution in [2.24, 2.45) is 0 Å². The highest BCUT2D eigenvalue weighted by atomic mass is 35.5. The topological polar surface area (TPSA) is 15.7 Å². The first kappa shape index (κ1) is 27.1. The van der Waals surface area contributed by atoms with E-state index >= 15 is 0 Å². The molecule has 1 aliphatic heterocycles. The highest BCUT2D eigenvalue weighted by Gasteiger charge is 2.18. The molecule has 0 N–H and O–H groups in total. The zero-order valence-corrected chi connectivity index (χ0v) is 20.6. The Morgan fingerprint density at radius 2 is 1.15 bits per heavy atom. The Bertz CT molecular complexity index is 875. The molecule has 0 aliphatic carbocycles. The van der Waals surface area contributed by atoms with E-state index < -0.39 is 0 Å². The zero-order chi connectivity index (χ0) is 21.1. The molecule has 0 saturated carbocycles. The summed E-state index contributed by atoms with van der Waals surface area (Å²) in [5.41, 5.74) is 3.69. The molecule has 4 rings (SSSR count). The Kier molecular flexibility index (Phi) is 12.2. The number of hydrogen-bond donors (Lipinski definition) is 0. The predicted molar refractivity (Wildman–Crippen MR) is 144 cm³/mol. The average Bonchev–Trinajstić information content (AvgIpc) is 2.85. The smallest absolute Gasteiger partial charge is 0.108 e. The summed E-state index contributed by atoms with van der Waals surface area (Å²) >= 11 is 0. The molecule has 3 nitrogen and oxygen atoms in total. The second kappa shape index (κ2) is 14.9. The lowest BCUT2D eigenvalue weighted by Crippen LogP contribution is -2.47. The van der Waals surface area contributed by atoms with Crippen LogP contribution >= 0.6 is 24.8 Å². The van der Waals surface area contributed by atoms with Crippen molar-refractivity contribution in [1.82, 2.24) is 9.80 Å². The molecule has 5 heteroatoms. The lowest BCUT2D eigenvalue weighted by atomic mass is 10.0. The van der Waals surface area contributed by atoms with E-state index in [9.17, 15) is 0 Å². The van der Waals surface area contributed by atoms with E-state index in [1.807, 2.05) is 0 Å². The fourth-order valence-electron chi connectivity index (χ4n) is 4.04. The van der Waals surface area contributed by atoms with E-state index in [0.717, 1.165) is 45.9 Å². The molecule has 33 heavy (non-hydrogen) atoms. The third kappa shape index (κ3) is 8.62. The molecule has 1 aliphatic rings. The highest BCUT2D eigenvalue weighted by Crippen LogP contribution is 2.25. The summed E-state index contributed by atoms with van der Waals surface area (Å²) in [5, 5.41) is 0. The highest BCUT2D eigenvalue weighted by molar-refractivity contribution is 5.85. The van der Waals surface area contributed by atoms with E-state index in [4.69, 9.17) is 4.74 Å². The molecular weight excluding hydrogens is 451 g/mol. The van der Waals surface area contributed by atoms with Crippen LogP contribution < -0.4 is 0 Å². The molecule has 0 unspecified atom stereocenters. The van der Waals surface area contributed by atoms with Crippen LogP contribution in [0.4, 0.5) is 0 Å². The summed E-state index contributed by atoms with van der Waals surface area (Å²) < 4.78 is 6.39. The first-order valence-electron chi connectivity index (χ1n) is 11.3. The van der Waals surface area contributed by atoms with Gasteiger partial charge in [-0.25, -0.2) is 0 Å². The normalized spacial score (nSPS) is 14.7. The molecule has 0 amide bonds. The maximum atomic E-state index is 6.39. The predicted octanol–water partition coefficient (Wildman–Crippen LogP) is 5.97. The van der Waals surface area contributed by atoms with Crippen molar-refractivity contribution in [3.05, 3.63) is 114 Å².